The Morgan fingerprint density at radius 3 is 2.41 bits per heavy atom. The minimum absolute atomic E-state index is 0.0440. The number of hydrogen-bond acceptors (Lipinski definition) is 5. The van der Waals surface area contributed by atoms with Gasteiger partial charge in [0, 0.05) is 0 Å². The Kier molecular flexibility index (Phi) is 5.08. The molecular formula is C19H16AsNO6. The van der Waals surface area contributed by atoms with Crippen LogP contribution in [0.3, 0.4) is 0 Å². The zero-order valence-electron chi connectivity index (χ0n) is 14.2. The first-order valence-corrected chi connectivity index (χ1v) is 11.2. The fraction of sp³-hybridized carbons (Fsp3) is 0.0526. The number of anilines is 1. The number of carbonyl (C=O) groups excluding carboxylic acids is 2. The van der Waals surface area contributed by atoms with Crippen LogP contribution in [0.25, 0.3) is 10.8 Å². The monoisotopic (exact) mass is 429 g/mol. The summed E-state index contributed by atoms with van der Waals surface area (Å²) in [7, 11) is 0. The van der Waals surface area contributed by atoms with Gasteiger partial charge in [-0.2, -0.15) is 0 Å². The Labute approximate surface area is 157 Å². The molecule has 0 aliphatic carbocycles. The van der Waals surface area contributed by atoms with Gasteiger partial charge in [-0.3, -0.25) is 0 Å². The zero-order valence-corrected chi connectivity index (χ0v) is 16.1. The molecule has 3 rings (SSSR count). The van der Waals surface area contributed by atoms with Gasteiger partial charge in [-0.1, -0.05) is 0 Å². The molecule has 0 aromatic heterocycles. The minimum atomic E-state index is -5.25. The van der Waals surface area contributed by atoms with E-state index < -0.39 is 26.0 Å². The van der Waals surface area contributed by atoms with Crippen molar-refractivity contribution in [2.45, 2.75) is 6.92 Å². The SMILES string of the molecule is CC(=O)Nc1cc([As](=O)(O)OC(=O)c2ccc3ccccc3c2)ccc1O. The van der Waals surface area contributed by atoms with E-state index in [1.165, 1.54) is 19.1 Å². The summed E-state index contributed by atoms with van der Waals surface area (Å²) in [5.41, 5.74) is 0.0997. The summed E-state index contributed by atoms with van der Waals surface area (Å²) in [6.45, 7) is 1.23. The number of amides is 1. The average molecular weight is 429 g/mol. The molecule has 3 N–H and O–H groups in total. The van der Waals surface area contributed by atoms with Crippen molar-refractivity contribution in [2.75, 3.05) is 5.32 Å². The van der Waals surface area contributed by atoms with E-state index in [2.05, 4.69) is 5.32 Å². The van der Waals surface area contributed by atoms with Crippen LogP contribution in [-0.4, -0.2) is 35.3 Å². The quantitative estimate of drug-likeness (QED) is 0.432. The van der Waals surface area contributed by atoms with E-state index in [1.54, 1.807) is 12.1 Å². The number of benzene rings is 3. The molecule has 0 spiro atoms. The molecule has 7 nitrogen and oxygen atoms in total. The van der Waals surface area contributed by atoms with E-state index in [-0.39, 0.29) is 21.4 Å². The van der Waals surface area contributed by atoms with Gasteiger partial charge in [-0.25, -0.2) is 0 Å². The Morgan fingerprint density at radius 2 is 1.70 bits per heavy atom. The number of aromatic hydroxyl groups is 1. The molecule has 0 saturated heterocycles. The molecule has 0 bridgehead atoms. The second-order valence-corrected chi connectivity index (χ2v) is 9.49. The number of fused-ring (bicyclic) bond motifs is 1. The van der Waals surface area contributed by atoms with E-state index in [4.69, 9.17) is 3.73 Å². The summed E-state index contributed by atoms with van der Waals surface area (Å²) >= 11 is -5.25. The van der Waals surface area contributed by atoms with Crippen LogP contribution >= 0.6 is 0 Å². The van der Waals surface area contributed by atoms with Gasteiger partial charge in [0.15, 0.2) is 0 Å². The summed E-state index contributed by atoms with van der Waals surface area (Å²) in [5.74, 6) is -1.67. The van der Waals surface area contributed by atoms with E-state index in [0.29, 0.717) is 0 Å². The van der Waals surface area contributed by atoms with Gasteiger partial charge in [0.05, 0.1) is 0 Å². The second-order valence-electron chi connectivity index (χ2n) is 5.84. The van der Waals surface area contributed by atoms with Crippen LogP contribution in [0.2, 0.25) is 0 Å². The predicted molar refractivity (Wildman–Crippen MR) is 100 cm³/mol. The third-order valence-corrected chi connectivity index (χ3v) is 6.63. The van der Waals surface area contributed by atoms with E-state index in [1.807, 2.05) is 24.3 Å². The van der Waals surface area contributed by atoms with E-state index in [0.717, 1.165) is 22.9 Å². The van der Waals surface area contributed by atoms with E-state index >= 15 is 0 Å². The van der Waals surface area contributed by atoms with Gasteiger partial charge in [0.25, 0.3) is 0 Å². The van der Waals surface area contributed by atoms with Crippen LogP contribution < -0.4 is 9.67 Å². The van der Waals surface area contributed by atoms with Crippen molar-refractivity contribution in [1.82, 2.24) is 0 Å². The number of phenols is 1. The molecule has 1 unspecified atom stereocenters. The molecule has 27 heavy (non-hydrogen) atoms. The maximum atomic E-state index is 12.6. The number of phenolic OH excluding ortho intramolecular Hbond substituents is 1. The summed E-state index contributed by atoms with van der Waals surface area (Å²) in [6, 6.07) is 15.6. The summed E-state index contributed by atoms with van der Waals surface area (Å²) in [5, 5.41) is 13.8. The first kappa shape index (κ1) is 18.8. The van der Waals surface area contributed by atoms with Crippen LogP contribution in [0.15, 0.2) is 60.7 Å². The van der Waals surface area contributed by atoms with Crippen molar-refractivity contribution >= 4 is 46.9 Å². The molecule has 3 aromatic carbocycles. The normalized spacial score (nSPS) is 13.0. The molecule has 0 aliphatic heterocycles. The molecule has 0 heterocycles. The second kappa shape index (κ2) is 7.31. The molecule has 0 fully saturated rings. The van der Waals surface area contributed by atoms with Crippen LogP contribution in [0.5, 0.6) is 5.75 Å². The van der Waals surface area contributed by atoms with Gasteiger partial charge in [0.1, 0.15) is 0 Å². The van der Waals surface area contributed by atoms with Gasteiger partial charge < -0.3 is 0 Å². The molecule has 3 aromatic rings. The molecule has 0 saturated carbocycles. The Morgan fingerprint density at radius 1 is 1.00 bits per heavy atom. The standard InChI is InChI=1S/C19H16AsNO6/c1-12(22)21-17-11-16(8-9-18(17)23)20(25,26)27-19(24)15-7-6-13-4-2-3-5-14(13)10-15/h2-11,23H,1H3,(H,21,22)(H,25,26). The third kappa shape index (κ3) is 4.22. The van der Waals surface area contributed by atoms with Crippen LogP contribution in [0, 0.1) is 0 Å². The van der Waals surface area contributed by atoms with Crippen molar-refractivity contribution in [1.29, 1.82) is 0 Å². The summed E-state index contributed by atoms with van der Waals surface area (Å²) < 4.78 is 27.6. The number of carbonyl (C=O) groups is 2. The number of nitrogens with one attached hydrogen (secondary N) is 1. The Bertz CT molecular complexity index is 1090. The molecule has 0 aliphatic rings. The fourth-order valence-electron chi connectivity index (χ4n) is 2.52. The first-order valence-electron chi connectivity index (χ1n) is 7.93. The Hall–Kier alpha value is -3.02. The average Bonchev–Trinajstić information content (AvgIpc) is 2.62. The van der Waals surface area contributed by atoms with Gasteiger partial charge >= 0.3 is 157 Å². The first-order chi connectivity index (χ1) is 12.8. The van der Waals surface area contributed by atoms with Crippen molar-refractivity contribution in [3.8, 4) is 5.75 Å². The fourth-order valence-corrected chi connectivity index (χ4v) is 4.60. The number of rotatable bonds is 4. The van der Waals surface area contributed by atoms with Gasteiger partial charge in [-0.15, -0.1) is 0 Å². The van der Waals surface area contributed by atoms with Gasteiger partial charge in [0.2, 0.25) is 0 Å². The molecule has 138 valence electrons. The van der Waals surface area contributed by atoms with Crippen LogP contribution in [0.1, 0.15) is 17.3 Å². The topological polar surface area (TPSA) is 113 Å². The zero-order chi connectivity index (χ0) is 19.6. The number of hydrogen-bond donors (Lipinski definition) is 3. The van der Waals surface area contributed by atoms with Crippen molar-refractivity contribution in [3.63, 3.8) is 0 Å². The molecule has 1 atom stereocenters. The van der Waals surface area contributed by atoms with Crippen molar-refractivity contribution < 1.29 is 26.3 Å². The molecule has 8 heteroatoms. The van der Waals surface area contributed by atoms with Crippen molar-refractivity contribution in [3.05, 3.63) is 66.2 Å². The van der Waals surface area contributed by atoms with Crippen LogP contribution in [0.4, 0.5) is 5.69 Å². The Balaban J connectivity index is 1.87. The maximum absolute atomic E-state index is 12.6. The van der Waals surface area contributed by atoms with Crippen LogP contribution in [-0.2, 0) is 12.3 Å². The van der Waals surface area contributed by atoms with E-state index in [9.17, 15) is 22.5 Å². The van der Waals surface area contributed by atoms with Crippen molar-refractivity contribution in [2.24, 2.45) is 0 Å². The van der Waals surface area contributed by atoms with Gasteiger partial charge in [-0.05, 0) is 0 Å². The third-order valence-electron chi connectivity index (χ3n) is 3.81. The molecule has 1 amide bonds. The summed E-state index contributed by atoms with van der Waals surface area (Å²) in [6.07, 6.45) is 0. The molecular weight excluding hydrogens is 413 g/mol. The summed E-state index contributed by atoms with van der Waals surface area (Å²) in [4.78, 5) is 23.5. The predicted octanol–water partition coefficient (Wildman–Crippen LogP) is 1.93. The molecule has 0 radical (unpaired) electrons.